The number of carbonyl (C=O) groups is 1. The number of hydrogen-bond acceptors (Lipinski definition) is 1. The quantitative estimate of drug-likeness (QED) is 0.544. The average Bonchev–Trinajstić information content (AvgIpc) is 2.58. The first-order chi connectivity index (χ1) is 11.6. The van der Waals surface area contributed by atoms with Crippen molar-refractivity contribution in [2.24, 2.45) is 0 Å². The van der Waals surface area contributed by atoms with Crippen LogP contribution < -0.4 is 0 Å². The van der Waals surface area contributed by atoms with E-state index in [-0.39, 0.29) is 5.82 Å². The number of carbonyl (C=O) groups excluding carboxylic acids is 1. The maximum atomic E-state index is 13.2. The molecule has 0 heterocycles. The molecule has 3 aromatic carbocycles. The minimum absolute atomic E-state index is 0.272. The van der Waals surface area contributed by atoms with Gasteiger partial charge in [0.1, 0.15) is 12.1 Å². The second-order valence-electron chi connectivity index (χ2n) is 5.68. The van der Waals surface area contributed by atoms with E-state index in [4.69, 9.17) is 11.6 Å². The molecule has 0 amide bonds. The fourth-order valence-corrected chi connectivity index (χ4v) is 3.11. The third kappa shape index (κ3) is 3.24. The zero-order chi connectivity index (χ0) is 17.1. The van der Waals surface area contributed by atoms with Crippen LogP contribution in [0.3, 0.4) is 0 Å². The predicted molar refractivity (Wildman–Crippen MR) is 96.8 cm³/mol. The van der Waals surface area contributed by atoms with Gasteiger partial charge < -0.3 is 4.79 Å². The highest BCUT2D eigenvalue weighted by Gasteiger charge is 2.13. The Morgan fingerprint density at radius 2 is 1.71 bits per heavy atom. The van der Waals surface area contributed by atoms with Gasteiger partial charge in [-0.1, -0.05) is 54.1 Å². The Morgan fingerprint density at radius 1 is 1.00 bits per heavy atom. The summed E-state index contributed by atoms with van der Waals surface area (Å²) in [5.74, 6) is -0.272. The molecule has 3 aromatic rings. The van der Waals surface area contributed by atoms with Gasteiger partial charge in [-0.15, -0.1) is 0 Å². The van der Waals surface area contributed by atoms with Crippen LogP contribution >= 0.6 is 11.6 Å². The minimum Gasteiger partial charge on any atom is -0.303 e. The van der Waals surface area contributed by atoms with Gasteiger partial charge in [0.15, 0.2) is 0 Å². The maximum Gasteiger partial charge on any atom is 0.124 e. The van der Waals surface area contributed by atoms with Crippen LogP contribution in [0.1, 0.15) is 11.1 Å². The Hall–Kier alpha value is -2.45. The predicted octanol–water partition coefficient (Wildman–Crippen LogP) is 5.86. The van der Waals surface area contributed by atoms with Crippen LogP contribution in [0.25, 0.3) is 22.3 Å². The summed E-state index contributed by atoms with van der Waals surface area (Å²) in [7, 11) is 0. The van der Waals surface area contributed by atoms with Crippen LogP contribution in [-0.2, 0) is 11.2 Å². The van der Waals surface area contributed by atoms with E-state index in [0.717, 1.165) is 39.7 Å². The van der Waals surface area contributed by atoms with Crippen molar-refractivity contribution < 1.29 is 9.18 Å². The van der Waals surface area contributed by atoms with Gasteiger partial charge in [-0.3, -0.25) is 0 Å². The van der Waals surface area contributed by atoms with Crippen LogP contribution in [-0.4, -0.2) is 6.29 Å². The topological polar surface area (TPSA) is 17.1 Å². The average molecular weight is 339 g/mol. The van der Waals surface area contributed by atoms with Gasteiger partial charge in [-0.2, -0.15) is 0 Å². The summed E-state index contributed by atoms with van der Waals surface area (Å²) in [6, 6.07) is 18.0. The molecule has 0 radical (unpaired) electrons. The fourth-order valence-electron chi connectivity index (χ4n) is 2.82. The highest BCUT2D eigenvalue weighted by molar-refractivity contribution is 6.34. The molecule has 24 heavy (non-hydrogen) atoms. The summed E-state index contributed by atoms with van der Waals surface area (Å²) in [5, 5.41) is 0.623. The molecule has 0 N–H and O–H groups in total. The molecule has 0 aromatic heterocycles. The van der Waals surface area contributed by atoms with Gasteiger partial charge in [0.2, 0.25) is 0 Å². The van der Waals surface area contributed by atoms with E-state index in [0.29, 0.717) is 11.4 Å². The highest BCUT2D eigenvalue weighted by Crippen LogP contribution is 2.38. The lowest BCUT2D eigenvalue weighted by molar-refractivity contribution is -0.107. The van der Waals surface area contributed by atoms with Crippen LogP contribution in [0.4, 0.5) is 4.39 Å². The Labute approximate surface area is 145 Å². The number of rotatable bonds is 4. The monoisotopic (exact) mass is 338 g/mol. The molecule has 3 heteroatoms. The fraction of sp³-hybridized carbons (Fsp3) is 0.0952. The largest absolute Gasteiger partial charge is 0.303 e. The molecular weight excluding hydrogens is 323 g/mol. The second kappa shape index (κ2) is 6.98. The highest BCUT2D eigenvalue weighted by atomic mass is 35.5. The number of halogens is 2. The molecule has 0 aliphatic rings. The molecule has 120 valence electrons. The summed E-state index contributed by atoms with van der Waals surface area (Å²) < 4.78 is 13.2. The standard InChI is InChI=1S/C21H16ClFO/c1-14-5-6-17(13-16(14)11-12-24)21-19(3-2-4-20(21)22)15-7-9-18(23)10-8-15/h2-10,12-13H,11H2,1H3. The lowest BCUT2D eigenvalue weighted by atomic mass is 9.92. The van der Waals surface area contributed by atoms with Crippen molar-refractivity contribution in [1.82, 2.24) is 0 Å². The number of benzene rings is 3. The molecule has 0 spiro atoms. The molecule has 3 rings (SSSR count). The molecule has 0 bridgehead atoms. The first kappa shape index (κ1) is 16.4. The van der Waals surface area contributed by atoms with Gasteiger partial charge in [-0.25, -0.2) is 4.39 Å². The van der Waals surface area contributed by atoms with Crippen molar-refractivity contribution >= 4 is 17.9 Å². The Balaban J connectivity index is 2.19. The van der Waals surface area contributed by atoms with Gasteiger partial charge in [0, 0.05) is 17.0 Å². The van der Waals surface area contributed by atoms with Crippen molar-refractivity contribution in [3.8, 4) is 22.3 Å². The lowest BCUT2D eigenvalue weighted by Crippen LogP contribution is -1.93. The van der Waals surface area contributed by atoms with Crippen molar-refractivity contribution in [2.75, 3.05) is 0 Å². The molecule has 0 atom stereocenters. The summed E-state index contributed by atoms with van der Waals surface area (Å²) >= 11 is 6.47. The number of aldehydes is 1. The lowest BCUT2D eigenvalue weighted by Gasteiger charge is -2.14. The first-order valence-corrected chi connectivity index (χ1v) is 8.06. The Kier molecular flexibility index (Phi) is 4.77. The van der Waals surface area contributed by atoms with Crippen LogP contribution in [0, 0.1) is 12.7 Å². The molecule has 1 nitrogen and oxygen atoms in total. The molecule has 0 saturated heterocycles. The van der Waals surface area contributed by atoms with Crippen molar-refractivity contribution in [1.29, 1.82) is 0 Å². The maximum absolute atomic E-state index is 13.2. The second-order valence-corrected chi connectivity index (χ2v) is 6.09. The van der Waals surface area contributed by atoms with E-state index >= 15 is 0 Å². The van der Waals surface area contributed by atoms with E-state index in [1.165, 1.54) is 12.1 Å². The number of aryl methyl sites for hydroxylation is 1. The van der Waals surface area contributed by atoms with Crippen molar-refractivity contribution in [3.05, 3.63) is 82.6 Å². The number of hydrogen-bond donors (Lipinski definition) is 0. The Morgan fingerprint density at radius 3 is 2.42 bits per heavy atom. The molecule has 0 aliphatic heterocycles. The van der Waals surface area contributed by atoms with Crippen LogP contribution in [0.15, 0.2) is 60.7 Å². The molecule has 0 unspecified atom stereocenters. The van der Waals surface area contributed by atoms with E-state index < -0.39 is 0 Å². The van der Waals surface area contributed by atoms with E-state index in [1.807, 2.05) is 43.3 Å². The zero-order valence-corrected chi connectivity index (χ0v) is 14.0. The van der Waals surface area contributed by atoms with Gasteiger partial charge in [-0.05, 0) is 52.9 Å². The van der Waals surface area contributed by atoms with E-state index in [2.05, 4.69) is 0 Å². The third-order valence-electron chi connectivity index (χ3n) is 4.11. The van der Waals surface area contributed by atoms with Crippen LogP contribution in [0.2, 0.25) is 5.02 Å². The van der Waals surface area contributed by atoms with E-state index in [1.54, 1.807) is 12.1 Å². The molecular formula is C21H16ClFO. The third-order valence-corrected chi connectivity index (χ3v) is 4.42. The minimum atomic E-state index is -0.272. The summed E-state index contributed by atoms with van der Waals surface area (Å²) in [6.07, 6.45) is 1.27. The molecule has 0 saturated carbocycles. The molecule has 0 aliphatic carbocycles. The van der Waals surface area contributed by atoms with Gasteiger partial charge in [0.25, 0.3) is 0 Å². The molecule has 0 fully saturated rings. The van der Waals surface area contributed by atoms with E-state index in [9.17, 15) is 9.18 Å². The summed E-state index contributed by atoms with van der Waals surface area (Å²) in [4.78, 5) is 10.9. The first-order valence-electron chi connectivity index (χ1n) is 7.68. The van der Waals surface area contributed by atoms with Gasteiger partial charge in [0.05, 0.1) is 0 Å². The van der Waals surface area contributed by atoms with Gasteiger partial charge >= 0.3 is 0 Å². The summed E-state index contributed by atoms with van der Waals surface area (Å²) in [5.41, 5.74) is 5.71. The summed E-state index contributed by atoms with van der Waals surface area (Å²) in [6.45, 7) is 1.98. The Bertz CT molecular complexity index is 885. The SMILES string of the molecule is Cc1ccc(-c2c(Cl)cccc2-c2ccc(F)cc2)cc1CC=O. The normalized spacial score (nSPS) is 10.6. The smallest absolute Gasteiger partial charge is 0.124 e. The van der Waals surface area contributed by atoms with Crippen LogP contribution in [0.5, 0.6) is 0 Å². The zero-order valence-electron chi connectivity index (χ0n) is 13.2. The van der Waals surface area contributed by atoms with Crippen molar-refractivity contribution in [3.63, 3.8) is 0 Å². The van der Waals surface area contributed by atoms with Crippen molar-refractivity contribution in [2.45, 2.75) is 13.3 Å².